The summed E-state index contributed by atoms with van der Waals surface area (Å²) < 4.78 is 5.28. The van der Waals surface area contributed by atoms with Gasteiger partial charge in [-0.25, -0.2) is 9.59 Å². The number of carboxylic acids is 1. The minimum absolute atomic E-state index is 0.0422. The number of ether oxygens (including phenoxy) is 1. The number of carbonyl (C=O) groups is 2. The van der Waals surface area contributed by atoms with Gasteiger partial charge >= 0.3 is 11.9 Å². The molecule has 0 unspecified atom stereocenters. The Balaban J connectivity index is 0.000000404. The Bertz CT molecular complexity index is 953. The van der Waals surface area contributed by atoms with E-state index in [2.05, 4.69) is 19.2 Å². The smallest absolute Gasteiger partial charge is 0.338 e. The SMILES string of the molecule is CC(C)CCNC(C)(C)COC(=O)c1ccc([N+](=O)[O-])cc1.O=C(O)c1ccc([N+](=O)[O-])cc1. The number of nitrogens with one attached hydrogen (secondary N) is 1. The summed E-state index contributed by atoms with van der Waals surface area (Å²) in [4.78, 5) is 41.9. The highest BCUT2D eigenvalue weighted by atomic mass is 16.6. The number of hydrogen-bond acceptors (Lipinski definition) is 8. The minimum atomic E-state index is -1.09. The molecule has 11 heteroatoms. The molecule has 0 bridgehead atoms. The van der Waals surface area contributed by atoms with Gasteiger partial charge in [-0.05, 0) is 57.0 Å². The van der Waals surface area contributed by atoms with Gasteiger partial charge in [-0.1, -0.05) is 13.8 Å². The van der Waals surface area contributed by atoms with Crippen LogP contribution >= 0.6 is 0 Å². The second-order valence-electron chi connectivity index (χ2n) is 8.48. The maximum atomic E-state index is 11.9. The van der Waals surface area contributed by atoms with Gasteiger partial charge in [-0.15, -0.1) is 0 Å². The number of nitro groups is 2. The molecule has 0 heterocycles. The van der Waals surface area contributed by atoms with Crippen molar-refractivity contribution in [2.24, 2.45) is 5.92 Å². The maximum absolute atomic E-state index is 11.9. The quantitative estimate of drug-likeness (QED) is 0.287. The monoisotopic (exact) mass is 475 g/mol. The lowest BCUT2D eigenvalue weighted by atomic mass is 10.1. The molecule has 2 N–H and O–H groups in total. The van der Waals surface area contributed by atoms with Gasteiger partial charge in [0.1, 0.15) is 6.61 Å². The minimum Gasteiger partial charge on any atom is -0.478 e. The van der Waals surface area contributed by atoms with Crippen LogP contribution in [-0.4, -0.2) is 45.6 Å². The molecule has 0 aliphatic heterocycles. The van der Waals surface area contributed by atoms with E-state index in [9.17, 15) is 29.8 Å². The number of hydrogen-bond donors (Lipinski definition) is 2. The van der Waals surface area contributed by atoms with Crippen molar-refractivity contribution in [3.63, 3.8) is 0 Å². The summed E-state index contributed by atoms with van der Waals surface area (Å²) in [5.74, 6) is -0.954. The molecule has 0 saturated heterocycles. The van der Waals surface area contributed by atoms with Crippen LogP contribution in [0, 0.1) is 26.1 Å². The number of nitrogens with zero attached hydrogens (tertiary/aromatic N) is 2. The molecule has 0 atom stereocenters. The van der Waals surface area contributed by atoms with Crippen molar-refractivity contribution in [2.75, 3.05) is 13.2 Å². The van der Waals surface area contributed by atoms with Crippen LogP contribution < -0.4 is 5.32 Å². The summed E-state index contributed by atoms with van der Waals surface area (Å²) in [5, 5.41) is 32.5. The summed E-state index contributed by atoms with van der Waals surface area (Å²) in [6.07, 6.45) is 1.06. The molecule has 0 fully saturated rings. The van der Waals surface area contributed by atoms with Crippen LogP contribution in [0.1, 0.15) is 54.8 Å². The first-order chi connectivity index (χ1) is 15.8. The van der Waals surface area contributed by atoms with E-state index in [1.807, 2.05) is 13.8 Å². The van der Waals surface area contributed by atoms with Gasteiger partial charge in [0.15, 0.2) is 0 Å². The summed E-state index contributed by atoms with van der Waals surface area (Å²) >= 11 is 0. The van der Waals surface area contributed by atoms with E-state index in [1.165, 1.54) is 36.4 Å². The Morgan fingerprint density at radius 3 is 1.76 bits per heavy atom. The van der Waals surface area contributed by atoms with Crippen LogP contribution in [0.4, 0.5) is 11.4 Å². The van der Waals surface area contributed by atoms with Crippen LogP contribution in [0.3, 0.4) is 0 Å². The second-order valence-corrected chi connectivity index (χ2v) is 8.48. The molecule has 0 aliphatic carbocycles. The fraction of sp³-hybridized carbons (Fsp3) is 0.391. The molecule has 0 aromatic heterocycles. The first-order valence-electron chi connectivity index (χ1n) is 10.5. The molecular weight excluding hydrogens is 446 g/mol. The lowest BCUT2D eigenvalue weighted by molar-refractivity contribution is -0.385. The zero-order valence-electron chi connectivity index (χ0n) is 19.5. The van der Waals surface area contributed by atoms with Crippen molar-refractivity contribution in [1.29, 1.82) is 0 Å². The zero-order valence-corrected chi connectivity index (χ0v) is 19.5. The highest BCUT2D eigenvalue weighted by molar-refractivity contribution is 5.89. The summed E-state index contributed by atoms with van der Waals surface area (Å²) in [6, 6.07) is 10.1. The number of carboxylic acid groups (broad SMARTS) is 1. The molecule has 2 aromatic carbocycles. The van der Waals surface area contributed by atoms with Gasteiger partial charge < -0.3 is 15.2 Å². The largest absolute Gasteiger partial charge is 0.478 e. The van der Waals surface area contributed by atoms with Crippen molar-refractivity contribution in [3.05, 3.63) is 79.9 Å². The topological polar surface area (TPSA) is 162 Å². The summed E-state index contributed by atoms with van der Waals surface area (Å²) in [5.41, 5.74) is -0.123. The number of rotatable bonds is 10. The number of esters is 1. The van der Waals surface area contributed by atoms with Gasteiger partial charge in [-0.3, -0.25) is 20.2 Å². The van der Waals surface area contributed by atoms with Gasteiger partial charge in [0, 0.05) is 29.8 Å². The third-order valence-corrected chi connectivity index (χ3v) is 4.53. The van der Waals surface area contributed by atoms with E-state index in [0.717, 1.165) is 25.1 Å². The summed E-state index contributed by atoms with van der Waals surface area (Å²) in [6.45, 7) is 9.35. The average molecular weight is 475 g/mol. The maximum Gasteiger partial charge on any atom is 0.338 e. The molecule has 11 nitrogen and oxygen atoms in total. The van der Waals surface area contributed by atoms with Gasteiger partial charge in [0.2, 0.25) is 0 Å². The third-order valence-electron chi connectivity index (χ3n) is 4.53. The van der Waals surface area contributed by atoms with Crippen LogP contribution in [-0.2, 0) is 4.74 Å². The number of benzene rings is 2. The first-order valence-corrected chi connectivity index (χ1v) is 10.5. The lowest BCUT2D eigenvalue weighted by Crippen LogP contribution is -2.44. The zero-order chi connectivity index (χ0) is 25.9. The molecule has 0 saturated carbocycles. The molecule has 184 valence electrons. The van der Waals surface area contributed by atoms with Gasteiger partial charge in [-0.2, -0.15) is 0 Å². The molecule has 0 radical (unpaired) electrons. The van der Waals surface area contributed by atoms with Crippen LogP contribution in [0.25, 0.3) is 0 Å². The van der Waals surface area contributed by atoms with Crippen molar-refractivity contribution >= 4 is 23.3 Å². The molecule has 2 aromatic rings. The normalized spacial score (nSPS) is 10.7. The Morgan fingerprint density at radius 2 is 1.38 bits per heavy atom. The van der Waals surface area contributed by atoms with Crippen LogP contribution in [0.5, 0.6) is 0 Å². The van der Waals surface area contributed by atoms with Crippen LogP contribution in [0.2, 0.25) is 0 Å². The Morgan fingerprint density at radius 1 is 0.941 bits per heavy atom. The highest BCUT2D eigenvalue weighted by Gasteiger charge is 2.20. The summed E-state index contributed by atoms with van der Waals surface area (Å²) in [7, 11) is 0. The number of aromatic carboxylic acids is 1. The van der Waals surface area contributed by atoms with E-state index in [4.69, 9.17) is 9.84 Å². The molecule has 34 heavy (non-hydrogen) atoms. The van der Waals surface area contributed by atoms with E-state index in [0.29, 0.717) is 11.5 Å². The molecule has 0 amide bonds. The van der Waals surface area contributed by atoms with E-state index >= 15 is 0 Å². The third kappa shape index (κ3) is 10.2. The Labute approximate surface area is 197 Å². The first kappa shape index (κ1) is 28.2. The number of non-ortho nitro benzene ring substituents is 2. The second kappa shape index (κ2) is 13.0. The fourth-order valence-corrected chi connectivity index (χ4v) is 2.52. The fourth-order valence-electron chi connectivity index (χ4n) is 2.52. The van der Waals surface area contributed by atoms with Crippen molar-refractivity contribution in [1.82, 2.24) is 5.32 Å². The average Bonchev–Trinajstić information content (AvgIpc) is 2.77. The van der Waals surface area contributed by atoms with Crippen molar-refractivity contribution in [2.45, 2.75) is 39.7 Å². The van der Waals surface area contributed by atoms with Gasteiger partial charge in [0.25, 0.3) is 11.4 Å². The van der Waals surface area contributed by atoms with Crippen LogP contribution in [0.15, 0.2) is 48.5 Å². The molecular formula is C23H29N3O8. The predicted octanol–water partition coefficient (Wildman–Crippen LogP) is 4.46. The standard InChI is InChI=1S/C16H24N2O4.C7H5NO4/c1-12(2)9-10-17-16(3,4)11-22-15(19)13-5-7-14(8-6-13)18(20)21;9-7(10)5-1-3-6(4-2-5)8(11)12/h5-8,12,17H,9-11H2,1-4H3;1-4H,(H,9,10). The molecule has 2 rings (SSSR count). The highest BCUT2D eigenvalue weighted by Crippen LogP contribution is 2.14. The van der Waals surface area contributed by atoms with E-state index in [1.54, 1.807) is 0 Å². The van der Waals surface area contributed by atoms with E-state index < -0.39 is 21.8 Å². The van der Waals surface area contributed by atoms with Gasteiger partial charge in [0.05, 0.1) is 21.0 Å². The Hall–Kier alpha value is -3.86. The van der Waals surface area contributed by atoms with E-state index in [-0.39, 0.29) is 29.1 Å². The number of carbonyl (C=O) groups excluding carboxylic acids is 1. The lowest BCUT2D eigenvalue weighted by Gasteiger charge is -2.26. The predicted molar refractivity (Wildman–Crippen MR) is 125 cm³/mol. The van der Waals surface area contributed by atoms with Crippen molar-refractivity contribution < 1.29 is 29.3 Å². The number of nitro benzene ring substituents is 2. The Kier molecular flexibility index (Phi) is 10.8. The molecule has 0 spiro atoms. The molecule has 0 aliphatic rings. The van der Waals surface area contributed by atoms with Crippen molar-refractivity contribution in [3.8, 4) is 0 Å².